The summed E-state index contributed by atoms with van der Waals surface area (Å²) in [5.41, 5.74) is 6.24. The van der Waals surface area contributed by atoms with E-state index in [2.05, 4.69) is 50.8 Å². The molecule has 19 heteroatoms. The molecule has 3 fully saturated rings. The highest BCUT2D eigenvalue weighted by atomic mass is 35.5. The van der Waals surface area contributed by atoms with Crippen LogP contribution in [-0.2, 0) is 24.2 Å². The second-order valence-electron chi connectivity index (χ2n) is 19.7. The number of nitrogens with one attached hydrogen (secondary N) is 3. The number of nitro groups is 1. The van der Waals surface area contributed by atoms with Gasteiger partial charge < -0.3 is 39.0 Å². The molecule has 0 spiro atoms. The molecule has 370 valence electrons. The van der Waals surface area contributed by atoms with Gasteiger partial charge in [-0.15, -0.1) is 0 Å². The van der Waals surface area contributed by atoms with Crippen molar-refractivity contribution >= 4 is 72.6 Å². The number of hydrogen-bond donors (Lipinski definition) is 3. The van der Waals surface area contributed by atoms with Gasteiger partial charge in [0.1, 0.15) is 17.0 Å². The number of sulfonamides is 1. The summed E-state index contributed by atoms with van der Waals surface area (Å²) in [6, 6.07) is 21.0. The lowest BCUT2D eigenvalue weighted by atomic mass is 9.71. The predicted molar refractivity (Wildman–Crippen MR) is 269 cm³/mol. The Hall–Kier alpha value is -5.76. The average molecular weight is 996 g/mol. The molecule has 5 aromatic rings. The fourth-order valence-electron chi connectivity index (χ4n) is 10.5. The van der Waals surface area contributed by atoms with Crippen LogP contribution in [0.15, 0.2) is 89.5 Å². The standard InChI is InChI=1S/C51H59ClN8O9S/c1-51(2)27-41(32-6-8-34(52)9-7-32)42-30-58-18-17-57(29-37(58)31-67-19-5-21-68-47(42)28-51)36-10-12-40(44(25-36)59-16-4-20-69-50-46(59)22-33-14-15-53-48(33)55-50)49(61)56-70(64,65)39-11-13-43(45(26-39)60(62)63)54-35-23-38(24-35)66-3/h6-15,22,25-26,35,37-38,47,54H,4-5,16-21,23-24,27-31H2,1-3H3,(H,53,55)(H,56,61)/t35?,37-,38?,47+/m0/s1. The number of piperazine rings is 1. The molecule has 0 radical (unpaired) electrons. The van der Waals surface area contributed by atoms with Gasteiger partial charge in [-0.05, 0) is 115 Å². The first-order chi connectivity index (χ1) is 33.7. The maximum Gasteiger partial charge on any atom is 0.293 e. The highest BCUT2D eigenvalue weighted by Crippen LogP contribution is 2.46. The number of methoxy groups -OCH3 is 1. The number of aromatic nitrogens is 2. The number of benzene rings is 3. The summed E-state index contributed by atoms with van der Waals surface area (Å²) in [7, 11) is -2.99. The van der Waals surface area contributed by atoms with Gasteiger partial charge in [-0.2, -0.15) is 4.98 Å². The van der Waals surface area contributed by atoms with Crippen LogP contribution in [0, 0.1) is 15.5 Å². The summed E-state index contributed by atoms with van der Waals surface area (Å²) in [4.78, 5) is 40.5. The van der Waals surface area contributed by atoms with Crippen LogP contribution in [0.1, 0.15) is 68.3 Å². The first kappa shape index (κ1) is 47.9. The third kappa shape index (κ3) is 10.1. The number of aromatic amines is 1. The van der Waals surface area contributed by atoms with E-state index in [1.54, 1.807) is 19.4 Å². The van der Waals surface area contributed by atoms with Crippen molar-refractivity contribution in [2.75, 3.05) is 81.4 Å². The van der Waals surface area contributed by atoms with E-state index < -0.39 is 31.4 Å². The fraction of sp³-hybridized carbons (Fsp3) is 0.451. The number of anilines is 4. The topological polar surface area (TPSA) is 194 Å². The minimum absolute atomic E-state index is 0.0120. The molecule has 0 bridgehead atoms. The number of hydrogen-bond acceptors (Lipinski definition) is 14. The first-order valence-electron chi connectivity index (χ1n) is 24.1. The molecule has 17 nitrogen and oxygen atoms in total. The molecule has 1 amide bonds. The fourth-order valence-corrected chi connectivity index (χ4v) is 11.6. The van der Waals surface area contributed by atoms with Crippen LogP contribution < -0.4 is 24.6 Å². The summed E-state index contributed by atoms with van der Waals surface area (Å²) >= 11 is 6.37. The van der Waals surface area contributed by atoms with Crippen LogP contribution in [0.2, 0.25) is 5.02 Å². The third-order valence-corrected chi connectivity index (χ3v) is 15.9. The van der Waals surface area contributed by atoms with E-state index in [1.165, 1.54) is 23.3 Å². The lowest BCUT2D eigenvalue weighted by Crippen LogP contribution is -2.56. The van der Waals surface area contributed by atoms with Crippen LogP contribution in [0.5, 0.6) is 5.88 Å². The molecule has 2 atom stereocenters. The van der Waals surface area contributed by atoms with Crippen molar-refractivity contribution in [1.82, 2.24) is 19.6 Å². The number of nitrogens with zero attached hydrogens (tertiary/aromatic N) is 5. The minimum atomic E-state index is -4.61. The zero-order chi connectivity index (χ0) is 48.7. The van der Waals surface area contributed by atoms with Gasteiger partial charge in [0.25, 0.3) is 21.6 Å². The van der Waals surface area contributed by atoms with Crippen molar-refractivity contribution in [3.63, 3.8) is 0 Å². The van der Waals surface area contributed by atoms with E-state index in [1.807, 2.05) is 41.3 Å². The van der Waals surface area contributed by atoms with Crippen molar-refractivity contribution < 1.29 is 37.1 Å². The van der Waals surface area contributed by atoms with Gasteiger partial charge >= 0.3 is 0 Å². The maximum absolute atomic E-state index is 14.6. The highest BCUT2D eigenvalue weighted by molar-refractivity contribution is 7.90. The zero-order valence-electron chi connectivity index (χ0n) is 39.6. The van der Waals surface area contributed by atoms with E-state index in [9.17, 15) is 23.3 Å². The van der Waals surface area contributed by atoms with Crippen LogP contribution >= 0.6 is 11.6 Å². The molecule has 3 aromatic carbocycles. The second-order valence-corrected chi connectivity index (χ2v) is 21.9. The Labute approximate surface area is 412 Å². The minimum Gasteiger partial charge on any atom is -0.476 e. The number of rotatable bonds is 10. The molecule has 3 N–H and O–H groups in total. The quantitative estimate of drug-likeness (QED) is 0.0893. The number of amides is 1. The lowest BCUT2D eigenvalue weighted by Gasteiger charge is -2.45. The molecule has 2 saturated heterocycles. The molecule has 70 heavy (non-hydrogen) atoms. The van der Waals surface area contributed by atoms with Gasteiger partial charge in [-0.25, -0.2) is 13.1 Å². The van der Waals surface area contributed by atoms with E-state index in [4.69, 9.17) is 35.5 Å². The Kier molecular flexibility index (Phi) is 13.5. The third-order valence-electron chi connectivity index (χ3n) is 14.3. The number of pyridine rings is 1. The number of allylic oxidation sites excluding steroid dienone is 1. The largest absolute Gasteiger partial charge is 0.476 e. The van der Waals surface area contributed by atoms with Gasteiger partial charge in [0, 0.05) is 87.4 Å². The first-order valence-corrected chi connectivity index (χ1v) is 25.9. The zero-order valence-corrected chi connectivity index (χ0v) is 41.2. The Morgan fingerprint density at radius 3 is 2.61 bits per heavy atom. The summed E-state index contributed by atoms with van der Waals surface area (Å²) in [6.45, 7) is 9.87. The van der Waals surface area contributed by atoms with E-state index in [-0.39, 0.29) is 41.0 Å². The second kappa shape index (κ2) is 19.8. The van der Waals surface area contributed by atoms with Crippen LogP contribution in [-0.4, -0.2) is 125 Å². The molecule has 3 aliphatic heterocycles. The summed E-state index contributed by atoms with van der Waals surface area (Å²) in [5.74, 6) is -0.519. The number of fused-ring (bicyclic) bond motifs is 4. The molecule has 2 aromatic heterocycles. The van der Waals surface area contributed by atoms with Gasteiger partial charge in [-0.1, -0.05) is 37.6 Å². The number of halogens is 1. The van der Waals surface area contributed by atoms with Gasteiger partial charge in [-0.3, -0.25) is 19.8 Å². The van der Waals surface area contributed by atoms with E-state index in [0.29, 0.717) is 93.2 Å². The SMILES string of the molecule is COC1CC(Nc2ccc(S(=O)(=O)NC(=O)c3ccc(N4CCN5CC6=C(c7ccc(Cl)cc7)CC(C)(C)C[C@H]6OCCCOC[C@@H]5C4)cc3N3CCCOc4nc5[nH]ccc5cc43)cc2[N+](=O)[O-])C1. The molecule has 5 aliphatic rings. The number of ether oxygens (including phenoxy) is 4. The highest BCUT2D eigenvalue weighted by Gasteiger charge is 2.39. The number of carbonyl (C=O) groups is 1. The Bertz CT molecular complexity index is 2920. The van der Waals surface area contributed by atoms with Crippen LogP contribution in [0.4, 0.5) is 28.4 Å². The maximum atomic E-state index is 14.6. The summed E-state index contributed by atoms with van der Waals surface area (Å²) in [6.07, 6.45) is 6.34. The molecule has 10 rings (SSSR count). The summed E-state index contributed by atoms with van der Waals surface area (Å²) < 4.78 is 54.9. The van der Waals surface area contributed by atoms with Crippen molar-refractivity contribution in [1.29, 1.82) is 0 Å². The molecule has 1 saturated carbocycles. The normalized spacial score (nSPS) is 23.1. The number of H-pyrrole nitrogens is 1. The lowest BCUT2D eigenvalue weighted by molar-refractivity contribution is -0.384. The average Bonchev–Trinajstić information content (AvgIpc) is 3.67. The van der Waals surface area contributed by atoms with Crippen molar-refractivity contribution in [2.45, 2.75) is 81.6 Å². The van der Waals surface area contributed by atoms with Crippen LogP contribution in [0.3, 0.4) is 0 Å². The smallest absolute Gasteiger partial charge is 0.293 e. The van der Waals surface area contributed by atoms with Crippen LogP contribution in [0.25, 0.3) is 16.6 Å². The van der Waals surface area contributed by atoms with E-state index in [0.717, 1.165) is 55.1 Å². The molecular formula is C51H59ClN8O9S. The van der Waals surface area contributed by atoms with Crippen molar-refractivity contribution in [2.24, 2.45) is 5.41 Å². The monoisotopic (exact) mass is 994 g/mol. The van der Waals surface area contributed by atoms with Gasteiger partial charge in [0.2, 0.25) is 5.88 Å². The molecular weight excluding hydrogens is 936 g/mol. The Balaban J connectivity index is 0.975. The Morgan fingerprint density at radius 2 is 1.81 bits per heavy atom. The molecule has 5 heterocycles. The van der Waals surface area contributed by atoms with Crippen molar-refractivity contribution in [3.05, 3.63) is 111 Å². The number of nitro benzene ring substituents is 1. The summed E-state index contributed by atoms with van der Waals surface area (Å²) in [5, 5.41) is 16.9. The predicted octanol–water partition coefficient (Wildman–Crippen LogP) is 8.32. The van der Waals surface area contributed by atoms with Gasteiger partial charge in [0.05, 0.1) is 52.5 Å². The number of carbonyl (C=O) groups excluding carboxylic acids is 1. The Morgan fingerprint density at radius 1 is 0.986 bits per heavy atom. The molecule has 2 aliphatic carbocycles. The van der Waals surface area contributed by atoms with E-state index >= 15 is 0 Å². The molecule has 0 unspecified atom stereocenters. The van der Waals surface area contributed by atoms with Crippen molar-refractivity contribution in [3.8, 4) is 5.88 Å². The van der Waals surface area contributed by atoms with Gasteiger partial charge in [0.15, 0.2) is 0 Å².